The second-order valence-corrected chi connectivity index (χ2v) is 8.99. The third kappa shape index (κ3) is 3.52. The maximum Gasteiger partial charge on any atom is 0.266 e. The Morgan fingerprint density at radius 3 is 2.31 bits per heavy atom. The van der Waals surface area contributed by atoms with Crippen LogP contribution in [0.1, 0.15) is 42.3 Å². The van der Waals surface area contributed by atoms with Gasteiger partial charge in [-0.3, -0.25) is 19.5 Å². The van der Waals surface area contributed by atoms with Gasteiger partial charge in [0.1, 0.15) is 0 Å². The van der Waals surface area contributed by atoms with Gasteiger partial charge in [-0.05, 0) is 48.5 Å². The molecular formula is C27H19ClN4O3. The van der Waals surface area contributed by atoms with Crippen molar-refractivity contribution in [2.75, 3.05) is 11.4 Å². The van der Waals surface area contributed by atoms with Gasteiger partial charge >= 0.3 is 0 Å². The lowest BCUT2D eigenvalue weighted by Gasteiger charge is -2.27. The summed E-state index contributed by atoms with van der Waals surface area (Å²) >= 11 is 6.16. The first-order chi connectivity index (χ1) is 17.0. The molecule has 0 radical (unpaired) electrons. The molecule has 0 saturated heterocycles. The first-order valence-electron chi connectivity index (χ1n) is 11.2. The van der Waals surface area contributed by atoms with E-state index in [9.17, 15) is 14.4 Å². The highest BCUT2D eigenvalue weighted by Gasteiger charge is 2.36. The van der Waals surface area contributed by atoms with E-state index in [1.54, 1.807) is 53.4 Å². The molecule has 172 valence electrons. The van der Waals surface area contributed by atoms with E-state index < -0.39 is 0 Å². The number of aromatic amines is 1. The van der Waals surface area contributed by atoms with Gasteiger partial charge < -0.3 is 4.90 Å². The van der Waals surface area contributed by atoms with Crippen LogP contribution in [-0.4, -0.2) is 39.4 Å². The lowest BCUT2D eigenvalue weighted by atomic mass is 10.0. The Morgan fingerprint density at radius 2 is 1.63 bits per heavy atom. The Morgan fingerprint density at radius 1 is 0.914 bits per heavy atom. The first kappa shape index (κ1) is 21.3. The maximum atomic E-state index is 13.3. The highest BCUT2D eigenvalue weighted by atomic mass is 35.5. The van der Waals surface area contributed by atoms with E-state index in [2.05, 4.69) is 10.2 Å². The van der Waals surface area contributed by atoms with Crippen LogP contribution in [0, 0.1) is 0 Å². The van der Waals surface area contributed by atoms with Gasteiger partial charge in [0.25, 0.3) is 17.7 Å². The zero-order valence-corrected chi connectivity index (χ0v) is 19.2. The molecule has 2 aliphatic heterocycles. The molecule has 7 nitrogen and oxygen atoms in total. The molecule has 0 aliphatic carbocycles. The van der Waals surface area contributed by atoms with Gasteiger partial charge in [-0.25, -0.2) is 4.90 Å². The summed E-state index contributed by atoms with van der Waals surface area (Å²) in [7, 11) is 0. The number of amides is 3. The molecule has 3 heterocycles. The van der Waals surface area contributed by atoms with E-state index in [0.29, 0.717) is 46.9 Å². The summed E-state index contributed by atoms with van der Waals surface area (Å²) in [6, 6.07) is 20.8. The van der Waals surface area contributed by atoms with Crippen molar-refractivity contribution >= 4 is 35.0 Å². The number of aromatic nitrogens is 2. The maximum absolute atomic E-state index is 13.3. The van der Waals surface area contributed by atoms with Crippen molar-refractivity contribution in [3.05, 3.63) is 106 Å². The molecule has 6 rings (SSSR count). The second-order valence-electron chi connectivity index (χ2n) is 8.55. The zero-order valence-electron chi connectivity index (χ0n) is 18.5. The van der Waals surface area contributed by atoms with Crippen molar-refractivity contribution in [1.82, 2.24) is 15.1 Å². The smallest absolute Gasteiger partial charge is 0.266 e. The Hall–Kier alpha value is -4.23. The van der Waals surface area contributed by atoms with Crippen LogP contribution in [0.3, 0.4) is 0 Å². The van der Waals surface area contributed by atoms with E-state index >= 15 is 0 Å². The second kappa shape index (κ2) is 8.21. The summed E-state index contributed by atoms with van der Waals surface area (Å²) in [5.74, 6) is -0.841. The minimum atomic E-state index is -0.360. The fraction of sp³-hybridized carbons (Fsp3) is 0.111. The molecule has 1 N–H and O–H groups in total. The normalized spacial score (nSPS) is 14.8. The van der Waals surface area contributed by atoms with Gasteiger partial charge in [-0.1, -0.05) is 35.9 Å². The third-order valence-corrected chi connectivity index (χ3v) is 6.72. The number of hydrogen-bond acceptors (Lipinski definition) is 4. The molecule has 0 saturated carbocycles. The molecule has 0 bridgehead atoms. The summed E-state index contributed by atoms with van der Waals surface area (Å²) in [6.07, 6.45) is 0.668. The van der Waals surface area contributed by atoms with Crippen LogP contribution >= 0.6 is 11.6 Å². The number of halogens is 1. The van der Waals surface area contributed by atoms with Gasteiger partial charge in [0.2, 0.25) is 0 Å². The number of rotatable bonds is 3. The van der Waals surface area contributed by atoms with E-state index in [0.717, 1.165) is 27.4 Å². The summed E-state index contributed by atoms with van der Waals surface area (Å²) in [6.45, 7) is 0.982. The molecule has 4 aromatic rings. The number of anilines is 1. The number of carbonyl (C=O) groups excluding carboxylic acids is 3. The van der Waals surface area contributed by atoms with Gasteiger partial charge in [0, 0.05) is 46.9 Å². The monoisotopic (exact) mass is 482 g/mol. The average molecular weight is 483 g/mol. The highest BCUT2D eigenvalue weighted by Crippen LogP contribution is 2.31. The molecule has 0 spiro atoms. The molecule has 0 fully saturated rings. The predicted octanol–water partition coefficient (Wildman–Crippen LogP) is 4.73. The van der Waals surface area contributed by atoms with Crippen LogP contribution in [0.5, 0.6) is 0 Å². The van der Waals surface area contributed by atoms with Gasteiger partial charge in [0.15, 0.2) is 0 Å². The Kier molecular flexibility index (Phi) is 5.00. The Bertz CT molecular complexity index is 1470. The van der Waals surface area contributed by atoms with E-state index in [1.807, 2.05) is 24.3 Å². The zero-order chi connectivity index (χ0) is 24.1. The lowest BCUT2D eigenvalue weighted by Crippen LogP contribution is -2.36. The minimum Gasteiger partial charge on any atom is -0.334 e. The summed E-state index contributed by atoms with van der Waals surface area (Å²) < 4.78 is 0. The van der Waals surface area contributed by atoms with Crippen LogP contribution in [0.25, 0.3) is 11.3 Å². The van der Waals surface area contributed by atoms with Crippen LogP contribution in [0.15, 0.2) is 72.8 Å². The van der Waals surface area contributed by atoms with Crippen molar-refractivity contribution in [1.29, 1.82) is 0 Å². The summed E-state index contributed by atoms with van der Waals surface area (Å²) in [5, 5.41) is 8.20. The fourth-order valence-electron chi connectivity index (χ4n) is 4.70. The quantitative estimate of drug-likeness (QED) is 0.428. The lowest BCUT2D eigenvalue weighted by molar-refractivity contribution is 0.0734. The molecule has 3 aromatic carbocycles. The number of fused-ring (bicyclic) bond motifs is 2. The van der Waals surface area contributed by atoms with Gasteiger partial charge in [-0.15, -0.1) is 0 Å². The predicted molar refractivity (Wildman–Crippen MR) is 132 cm³/mol. The van der Waals surface area contributed by atoms with Crippen LogP contribution in [0.2, 0.25) is 5.02 Å². The molecule has 3 amide bonds. The van der Waals surface area contributed by atoms with E-state index in [-0.39, 0.29) is 17.7 Å². The van der Waals surface area contributed by atoms with Crippen molar-refractivity contribution in [3.63, 3.8) is 0 Å². The number of nitrogens with zero attached hydrogens (tertiary/aromatic N) is 3. The number of H-pyrrole nitrogens is 1. The molecule has 8 heteroatoms. The molecule has 35 heavy (non-hydrogen) atoms. The van der Waals surface area contributed by atoms with Gasteiger partial charge in [0.05, 0.1) is 22.5 Å². The molecule has 1 aromatic heterocycles. The first-order valence-corrected chi connectivity index (χ1v) is 11.6. The van der Waals surface area contributed by atoms with Crippen LogP contribution in [0.4, 0.5) is 5.69 Å². The molecule has 2 aliphatic rings. The Balaban J connectivity index is 1.23. The van der Waals surface area contributed by atoms with Gasteiger partial charge in [-0.2, -0.15) is 5.10 Å². The number of carbonyl (C=O) groups is 3. The SMILES string of the molecule is O=C(c1ccc(N2C(=O)c3ccccc3C2=O)cc1)N1CCc2[nH]nc(-c3cccc(Cl)c3)c2C1. The summed E-state index contributed by atoms with van der Waals surface area (Å²) in [5.41, 5.74) is 5.39. The fourth-order valence-corrected chi connectivity index (χ4v) is 4.89. The topological polar surface area (TPSA) is 86.4 Å². The highest BCUT2D eigenvalue weighted by molar-refractivity contribution is 6.34. The average Bonchev–Trinajstić information content (AvgIpc) is 3.42. The molecular weight excluding hydrogens is 464 g/mol. The number of nitrogens with one attached hydrogen (secondary N) is 1. The van der Waals surface area contributed by atoms with Crippen LogP contribution in [-0.2, 0) is 13.0 Å². The molecule has 0 unspecified atom stereocenters. The van der Waals surface area contributed by atoms with Crippen molar-refractivity contribution in [2.24, 2.45) is 0 Å². The van der Waals surface area contributed by atoms with Crippen molar-refractivity contribution in [3.8, 4) is 11.3 Å². The van der Waals surface area contributed by atoms with Crippen molar-refractivity contribution in [2.45, 2.75) is 13.0 Å². The minimum absolute atomic E-state index is 0.122. The van der Waals surface area contributed by atoms with E-state index in [4.69, 9.17) is 11.6 Å². The molecule has 0 atom stereocenters. The van der Waals surface area contributed by atoms with E-state index in [1.165, 1.54) is 0 Å². The largest absolute Gasteiger partial charge is 0.334 e. The third-order valence-electron chi connectivity index (χ3n) is 6.49. The number of benzene rings is 3. The number of imide groups is 1. The van der Waals surface area contributed by atoms with Crippen LogP contribution < -0.4 is 4.90 Å². The summed E-state index contributed by atoms with van der Waals surface area (Å²) in [4.78, 5) is 41.7. The Labute approximate surface area is 205 Å². The number of hydrogen-bond donors (Lipinski definition) is 1. The van der Waals surface area contributed by atoms with Crippen molar-refractivity contribution < 1.29 is 14.4 Å². The standard InChI is InChI=1S/C27H19ClN4O3/c28-18-5-3-4-17(14-18)24-22-15-31(13-12-23(22)29-30-24)25(33)16-8-10-19(11-9-16)32-26(34)20-6-1-2-7-21(20)27(32)35/h1-11,14H,12-13,15H2,(H,29,30).